The number of nitrogens with zero attached hydrogens (tertiary/aromatic N) is 3. The minimum absolute atomic E-state index is 0.0360. The third kappa shape index (κ3) is 8.93. The molecule has 0 atom stereocenters. The highest BCUT2D eigenvalue weighted by Gasteiger charge is 2.35. The number of amides is 2. The van der Waals surface area contributed by atoms with Gasteiger partial charge in [0.05, 0.1) is 0 Å². The van der Waals surface area contributed by atoms with E-state index < -0.39 is 17.3 Å². The molecule has 2 amide bonds. The van der Waals surface area contributed by atoms with Crippen molar-refractivity contribution in [3.63, 3.8) is 0 Å². The monoisotopic (exact) mass is 519 g/mol. The molecule has 3 N–H and O–H groups in total. The van der Waals surface area contributed by atoms with E-state index in [0.29, 0.717) is 12.5 Å². The van der Waals surface area contributed by atoms with Crippen LogP contribution in [0.3, 0.4) is 0 Å². The second-order valence-electron chi connectivity index (χ2n) is 12.5. The summed E-state index contributed by atoms with van der Waals surface area (Å²) in [5.41, 5.74) is 4.21. The first-order chi connectivity index (χ1) is 17.2. The van der Waals surface area contributed by atoms with Gasteiger partial charge >= 0.3 is 17.9 Å². The van der Waals surface area contributed by atoms with Gasteiger partial charge in [0.15, 0.2) is 0 Å². The highest BCUT2D eigenvalue weighted by atomic mass is 16.6. The van der Waals surface area contributed by atoms with Crippen molar-refractivity contribution in [1.29, 1.82) is 0 Å². The van der Waals surface area contributed by atoms with Gasteiger partial charge in [0.2, 0.25) is 0 Å². The molecular formula is C27H45N5O5. The SMILES string of the molecule is CC(C)(C)OC(=O)N[C@H]1CC[C@H](N(C[C@H]2CC[C@H](n3ccc(N)nc3=O)CC2)C(=O)OC(C)(C)C)CC1. The third-order valence-corrected chi connectivity index (χ3v) is 7.00. The van der Waals surface area contributed by atoms with E-state index in [1.165, 1.54) is 0 Å². The number of carbonyl (C=O) groups is 2. The fraction of sp³-hybridized carbons (Fsp3) is 0.778. The van der Waals surface area contributed by atoms with Gasteiger partial charge in [-0.3, -0.25) is 4.57 Å². The van der Waals surface area contributed by atoms with Gasteiger partial charge in [0.1, 0.15) is 17.0 Å². The summed E-state index contributed by atoms with van der Waals surface area (Å²) in [5.74, 6) is 0.567. The summed E-state index contributed by atoms with van der Waals surface area (Å²) in [6.07, 6.45) is 7.73. The van der Waals surface area contributed by atoms with Crippen molar-refractivity contribution in [2.45, 2.75) is 122 Å². The van der Waals surface area contributed by atoms with Gasteiger partial charge in [-0.1, -0.05) is 0 Å². The van der Waals surface area contributed by atoms with Crippen molar-refractivity contribution >= 4 is 18.0 Å². The molecule has 10 heteroatoms. The average Bonchev–Trinajstić information content (AvgIpc) is 2.76. The molecule has 10 nitrogen and oxygen atoms in total. The lowest BCUT2D eigenvalue weighted by Gasteiger charge is -2.40. The van der Waals surface area contributed by atoms with Crippen LogP contribution in [0.1, 0.15) is 99.0 Å². The maximum absolute atomic E-state index is 13.3. The van der Waals surface area contributed by atoms with Crippen LogP contribution in [-0.4, -0.2) is 56.5 Å². The Morgan fingerprint density at radius 3 is 2.14 bits per heavy atom. The lowest BCUT2D eigenvalue weighted by Crippen LogP contribution is -2.50. The standard InChI is InChI=1S/C27H45N5O5/c1-26(2,3)36-24(34)29-19-9-13-21(14-10-19)32(25(35)37-27(4,5)6)17-18-7-11-20(12-8-18)31-16-15-22(28)30-23(31)33/h15-16,18-21H,7-14,17H2,1-6H3,(H,29,34)(H2,28,30,33)/t18-,19-,20-,21-. The van der Waals surface area contributed by atoms with Crippen LogP contribution in [0.4, 0.5) is 15.4 Å². The van der Waals surface area contributed by atoms with Crippen LogP contribution in [-0.2, 0) is 9.47 Å². The minimum Gasteiger partial charge on any atom is -0.444 e. The van der Waals surface area contributed by atoms with E-state index in [4.69, 9.17) is 15.2 Å². The Hall–Kier alpha value is -2.78. The molecule has 0 aliphatic heterocycles. The Labute approximate surface area is 220 Å². The van der Waals surface area contributed by atoms with E-state index in [-0.39, 0.29) is 35.7 Å². The van der Waals surface area contributed by atoms with Gasteiger partial charge in [-0.25, -0.2) is 14.4 Å². The summed E-state index contributed by atoms with van der Waals surface area (Å²) in [4.78, 5) is 43.5. The number of nitrogens with one attached hydrogen (secondary N) is 1. The first-order valence-electron chi connectivity index (χ1n) is 13.5. The molecule has 2 aliphatic carbocycles. The smallest absolute Gasteiger partial charge is 0.410 e. The van der Waals surface area contributed by atoms with E-state index in [0.717, 1.165) is 51.4 Å². The fourth-order valence-electron chi connectivity index (χ4n) is 5.29. The number of carbonyl (C=O) groups excluding carboxylic acids is 2. The summed E-state index contributed by atoms with van der Waals surface area (Å²) in [5, 5.41) is 2.98. The van der Waals surface area contributed by atoms with Crippen LogP contribution in [0.25, 0.3) is 0 Å². The number of rotatable bonds is 5. The van der Waals surface area contributed by atoms with Gasteiger partial charge in [-0.05, 0) is 105 Å². The van der Waals surface area contributed by atoms with Gasteiger partial charge < -0.3 is 25.4 Å². The van der Waals surface area contributed by atoms with Crippen LogP contribution in [0, 0.1) is 5.92 Å². The predicted octanol–water partition coefficient (Wildman–Crippen LogP) is 4.63. The molecule has 2 fully saturated rings. The van der Waals surface area contributed by atoms with Gasteiger partial charge in [-0.15, -0.1) is 0 Å². The Kier molecular flexibility index (Phi) is 9.13. The Morgan fingerprint density at radius 2 is 1.59 bits per heavy atom. The summed E-state index contributed by atoms with van der Waals surface area (Å²) in [7, 11) is 0. The molecule has 1 aromatic rings. The summed E-state index contributed by atoms with van der Waals surface area (Å²) in [6.45, 7) is 11.8. The first-order valence-corrected chi connectivity index (χ1v) is 13.5. The molecule has 2 aliphatic rings. The van der Waals surface area contributed by atoms with E-state index in [1.54, 1.807) is 16.8 Å². The molecule has 37 heavy (non-hydrogen) atoms. The molecule has 3 rings (SSSR count). The lowest BCUT2D eigenvalue weighted by molar-refractivity contribution is 0.00420. The predicted molar refractivity (Wildman–Crippen MR) is 142 cm³/mol. The molecule has 0 saturated heterocycles. The number of hydrogen-bond acceptors (Lipinski definition) is 7. The van der Waals surface area contributed by atoms with Crippen LogP contribution in [0.2, 0.25) is 0 Å². The van der Waals surface area contributed by atoms with E-state index in [1.807, 2.05) is 46.4 Å². The first kappa shape index (κ1) is 28.8. The molecule has 0 aromatic carbocycles. The van der Waals surface area contributed by atoms with E-state index in [9.17, 15) is 14.4 Å². The van der Waals surface area contributed by atoms with Crippen molar-refractivity contribution in [3.8, 4) is 0 Å². The number of aromatic nitrogens is 2. The molecule has 2 saturated carbocycles. The van der Waals surface area contributed by atoms with Crippen LogP contribution < -0.4 is 16.7 Å². The number of nitrogen functional groups attached to an aromatic ring is 1. The molecule has 208 valence electrons. The number of ether oxygens (including phenoxy) is 2. The zero-order valence-electron chi connectivity index (χ0n) is 23.3. The topological polar surface area (TPSA) is 129 Å². The maximum atomic E-state index is 13.3. The van der Waals surface area contributed by atoms with Crippen molar-refractivity contribution in [1.82, 2.24) is 19.8 Å². The number of alkyl carbamates (subject to hydrolysis) is 1. The number of hydrogen-bond donors (Lipinski definition) is 2. The van der Waals surface area contributed by atoms with E-state index in [2.05, 4.69) is 10.3 Å². The third-order valence-electron chi connectivity index (χ3n) is 7.00. The van der Waals surface area contributed by atoms with Gasteiger partial charge in [0.25, 0.3) is 0 Å². The van der Waals surface area contributed by atoms with Crippen LogP contribution in [0.15, 0.2) is 17.1 Å². The molecule has 0 unspecified atom stereocenters. The second-order valence-corrected chi connectivity index (χ2v) is 12.5. The number of nitrogens with two attached hydrogens (primary N) is 1. The summed E-state index contributed by atoms with van der Waals surface area (Å²) in [6, 6.07) is 1.86. The molecule has 1 aromatic heterocycles. The molecular weight excluding hydrogens is 474 g/mol. The second kappa shape index (κ2) is 11.7. The quantitative estimate of drug-likeness (QED) is 0.580. The van der Waals surface area contributed by atoms with Crippen molar-refractivity contribution in [2.75, 3.05) is 12.3 Å². The van der Waals surface area contributed by atoms with Crippen molar-refractivity contribution < 1.29 is 19.1 Å². The molecule has 0 bridgehead atoms. The summed E-state index contributed by atoms with van der Waals surface area (Å²) < 4.78 is 12.9. The zero-order chi connectivity index (χ0) is 27.4. The van der Waals surface area contributed by atoms with Crippen molar-refractivity contribution in [3.05, 3.63) is 22.7 Å². The number of anilines is 1. The average molecular weight is 520 g/mol. The normalized spacial score (nSPS) is 24.7. The highest BCUT2D eigenvalue weighted by Crippen LogP contribution is 2.34. The fourth-order valence-corrected chi connectivity index (χ4v) is 5.29. The maximum Gasteiger partial charge on any atom is 0.410 e. The Bertz CT molecular complexity index is 980. The van der Waals surface area contributed by atoms with Crippen LogP contribution in [0.5, 0.6) is 0 Å². The minimum atomic E-state index is -0.578. The Balaban J connectivity index is 1.59. The Morgan fingerprint density at radius 1 is 1.00 bits per heavy atom. The van der Waals surface area contributed by atoms with E-state index >= 15 is 0 Å². The van der Waals surface area contributed by atoms with Gasteiger partial charge in [0, 0.05) is 30.9 Å². The van der Waals surface area contributed by atoms with Crippen LogP contribution >= 0.6 is 0 Å². The lowest BCUT2D eigenvalue weighted by atomic mass is 9.84. The summed E-state index contributed by atoms with van der Waals surface area (Å²) >= 11 is 0. The molecule has 0 radical (unpaired) electrons. The molecule has 0 spiro atoms. The largest absolute Gasteiger partial charge is 0.444 e. The highest BCUT2D eigenvalue weighted by molar-refractivity contribution is 5.69. The van der Waals surface area contributed by atoms with Crippen molar-refractivity contribution in [2.24, 2.45) is 5.92 Å². The van der Waals surface area contributed by atoms with Gasteiger partial charge in [-0.2, -0.15) is 4.98 Å². The molecule has 1 heterocycles. The zero-order valence-corrected chi connectivity index (χ0v) is 23.3.